The first kappa shape index (κ1) is 15.0. The van der Waals surface area contributed by atoms with Crippen LogP contribution >= 0.6 is 11.6 Å². The fourth-order valence-electron chi connectivity index (χ4n) is 1.78. The van der Waals surface area contributed by atoms with Gasteiger partial charge in [0.15, 0.2) is 6.04 Å². The third kappa shape index (κ3) is 3.19. The second-order valence-corrected chi connectivity index (χ2v) is 4.67. The maximum atomic E-state index is 13.4. The number of hydrogen-bond acceptors (Lipinski definition) is 3. The van der Waals surface area contributed by atoms with E-state index in [2.05, 4.69) is 10.4 Å². The summed E-state index contributed by atoms with van der Waals surface area (Å²) < 4.78 is 14.7. The monoisotopic (exact) mass is 311 g/mol. The first-order chi connectivity index (χ1) is 9.90. The van der Waals surface area contributed by atoms with E-state index in [9.17, 15) is 19.1 Å². The van der Waals surface area contributed by atoms with Crippen LogP contribution < -0.4 is 5.32 Å². The smallest absolute Gasteiger partial charge is 0.330 e. The van der Waals surface area contributed by atoms with Crippen LogP contribution in [0.25, 0.3) is 0 Å². The van der Waals surface area contributed by atoms with Gasteiger partial charge in [0.25, 0.3) is 5.91 Å². The third-order valence-corrected chi connectivity index (χ3v) is 3.16. The van der Waals surface area contributed by atoms with Crippen LogP contribution in [0.15, 0.2) is 30.5 Å². The highest BCUT2D eigenvalue weighted by Crippen LogP contribution is 2.21. The number of halogens is 2. The highest BCUT2D eigenvalue weighted by molar-refractivity contribution is 6.30. The Morgan fingerprint density at radius 3 is 2.67 bits per heavy atom. The van der Waals surface area contributed by atoms with E-state index in [1.165, 1.54) is 29.1 Å². The van der Waals surface area contributed by atoms with Crippen LogP contribution in [0, 0.1) is 5.82 Å². The lowest BCUT2D eigenvalue weighted by molar-refractivity contribution is -0.139. The molecule has 2 aromatic rings. The van der Waals surface area contributed by atoms with E-state index < -0.39 is 23.7 Å². The number of rotatable bonds is 4. The SMILES string of the molecule is Cn1nccc1C(=O)N[C@@H](C(=O)O)c1ccc(Cl)c(F)c1. The van der Waals surface area contributed by atoms with Crippen LogP contribution in [0.2, 0.25) is 5.02 Å². The van der Waals surface area contributed by atoms with Gasteiger partial charge in [0, 0.05) is 13.2 Å². The highest BCUT2D eigenvalue weighted by Gasteiger charge is 2.24. The predicted octanol–water partition coefficient (Wildman–Crippen LogP) is 1.77. The molecule has 0 aliphatic carbocycles. The molecule has 0 spiro atoms. The zero-order valence-electron chi connectivity index (χ0n) is 10.9. The van der Waals surface area contributed by atoms with Crippen LogP contribution in [-0.4, -0.2) is 26.8 Å². The molecule has 0 radical (unpaired) electrons. The molecule has 1 amide bonds. The van der Waals surface area contributed by atoms with Gasteiger partial charge in [0.2, 0.25) is 0 Å². The van der Waals surface area contributed by atoms with E-state index in [1.54, 1.807) is 7.05 Å². The Kier molecular flexibility index (Phi) is 4.23. The number of aliphatic carboxylic acids is 1. The van der Waals surface area contributed by atoms with Gasteiger partial charge in [-0.15, -0.1) is 0 Å². The Labute approximate surface area is 124 Å². The van der Waals surface area contributed by atoms with E-state index in [0.717, 1.165) is 6.07 Å². The zero-order valence-corrected chi connectivity index (χ0v) is 11.6. The molecule has 1 aromatic carbocycles. The van der Waals surface area contributed by atoms with Gasteiger partial charge in [-0.25, -0.2) is 9.18 Å². The van der Waals surface area contributed by atoms with Crippen molar-refractivity contribution in [3.05, 3.63) is 52.6 Å². The average molecular weight is 312 g/mol. The van der Waals surface area contributed by atoms with Crippen LogP contribution in [0.4, 0.5) is 4.39 Å². The van der Waals surface area contributed by atoms with Crippen LogP contribution in [0.3, 0.4) is 0 Å². The molecule has 110 valence electrons. The maximum Gasteiger partial charge on any atom is 0.330 e. The molecule has 8 heteroatoms. The fraction of sp³-hybridized carbons (Fsp3) is 0.154. The second kappa shape index (κ2) is 5.92. The molecule has 2 rings (SSSR count). The molecule has 21 heavy (non-hydrogen) atoms. The number of carbonyl (C=O) groups is 2. The number of benzene rings is 1. The molecular weight excluding hydrogens is 301 g/mol. The number of nitrogens with zero attached hydrogens (tertiary/aromatic N) is 2. The van der Waals surface area contributed by atoms with E-state index in [4.69, 9.17) is 11.6 Å². The Morgan fingerprint density at radius 1 is 1.43 bits per heavy atom. The van der Waals surface area contributed by atoms with Gasteiger partial charge >= 0.3 is 5.97 Å². The highest BCUT2D eigenvalue weighted by atomic mass is 35.5. The molecular formula is C13H11ClFN3O3. The van der Waals surface area contributed by atoms with Crippen molar-refractivity contribution in [3.63, 3.8) is 0 Å². The standard InChI is InChI=1S/C13H11ClFN3O3/c1-18-10(4-5-16-18)12(19)17-11(13(20)21)7-2-3-8(14)9(15)6-7/h2-6,11H,1H3,(H,17,19)(H,20,21)/t11-/m1/s1. The zero-order chi connectivity index (χ0) is 15.6. The molecule has 1 heterocycles. The number of amides is 1. The van der Waals surface area contributed by atoms with Crippen LogP contribution in [0.1, 0.15) is 22.1 Å². The number of carboxylic acids is 1. The third-order valence-electron chi connectivity index (χ3n) is 2.85. The van der Waals surface area contributed by atoms with Crippen LogP contribution in [-0.2, 0) is 11.8 Å². The summed E-state index contributed by atoms with van der Waals surface area (Å²) >= 11 is 5.55. The first-order valence-electron chi connectivity index (χ1n) is 5.86. The molecule has 0 saturated heterocycles. The maximum absolute atomic E-state index is 13.4. The molecule has 0 aliphatic heterocycles. The molecule has 2 N–H and O–H groups in total. The first-order valence-corrected chi connectivity index (χ1v) is 6.24. The van der Waals surface area contributed by atoms with E-state index >= 15 is 0 Å². The van der Waals surface area contributed by atoms with Gasteiger partial charge < -0.3 is 10.4 Å². The summed E-state index contributed by atoms with van der Waals surface area (Å²) in [5.74, 6) is -2.69. The molecule has 0 bridgehead atoms. The Bertz CT molecular complexity index is 702. The van der Waals surface area contributed by atoms with E-state index in [-0.39, 0.29) is 16.3 Å². The summed E-state index contributed by atoms with van der Waals surface area (Å²) in [5, 5.41) is 15.2. The number of nitrogens with one attached hydrogen (secondary N) is 1. The number of carbonyl (C=O) groups excluding carboxylic acids is 1. The van der Waals surface area contributed by atoms with Gasteiger partial charge in [-0.2, -0.15) is 5.10 Å². The second-order valence-electron chi connectivity index (χ2n) is 4.26. The van der Waals surface area contributed by atoms with Crippen molar-refractivity contribution in [1.82, 2.24) is 15.1 Å². The summed E-state index contributed by atoms with van der Waals surface area (Å²) in [4.78, 5) is 23.3. The fourth-order valence-corrected chi connectivity index (χ4v) is 1.90. The largest absolute Gasteiger partial charge is 0.479 e. The van der Waals surface area contributed by atoms with Crippen molar-refractivity contribution >= 4 is 23.5 Å². The molecule has 0 aliphatic rings. The van der Waals surface area contributed by atoms with Crippen LogP contribution in [0.5, 0.6) is 0 Å². The van der Waals surface area contributed by atoms with Gasteiger partial charge in [-0.05, 0) is 23.8 Å². The van der Waals surface area contributed by atoms with Gasteiger partial charge in [-0.1, -0.05) is 17.7 Å². The average Bonchev–Trinajstić information content (AvgIpc) is 2.85. The number of aryl methyl sites for hydroxylation is 1. The Morgan fingerprint density at radius 2 is 2.14 bits per heavy atom. The molecule has 6 nitrogen and oxygen atoms in total. The van der Waals surface area contributed by atoms with Crippen molar-refractivity contribution in [3.8, 4) is 0 Å². The lowest BCUT2D eigenvalue weighted by Gasteiger charge is -2.15. The van der Waals surface area contributed by atoms with Gasteiger partial charge in [0.1, 0.15) is 11.5 Å². The Balaban J connectivity index is 2.28. The van der Waals surface area contributed by atoms with Crippen molar-refractivity contribution < 1.29 is 19.1 Å². The summed E-state index contributed by atoms with van der Waals surface area (Å²) in [7, 11) is 1.55. The predicted molar refractivity (Wildman–Crippen MR) is 72.5 cm³/mol. The summed E-state index contributed by atoms with van der Waals surface area (Å²) in [5.41, 5.74) is 0.274. The lowest BCUT2D eigenvalue weighted by atomic mass is 10.1. The minimum Gasteiger partial charge on any atom is -0.479 e. The van der Waals surface area contributed by atoms with Crippen molar-refractivity contribution in [2.24, 2.45) is 7.05 Å². The molecule has 1 aromatic heterocycles. The molecule has 1 atom stereocenters. The lowest BCUT2D eigenvalue weighted by Crippen LogP contribution is -2.34. The van der Waals surface area contributed by atoms with E-state index in [1.807, 2.05) is 0 Å². The summed E-state index contributed by atoms with van der Waals surface area (Å²) in [6, 6.07) is 3.60. The normalized spacial score (nSPS) is 12.0. The van der Waals surface area contributed by atoms with Crippen molar-refractivity contribution in [2.45, 2.75) is 6.04 Å². The molecule has 0 fully saturated rings. The van der Waals surface area contributed by atoms with E-state index in [0.29, 0.717) is 0 Å². The molecule has 0 unspecified atom stereocenters. The van der Waals surface area contributed by atoms with Crippen molar-refractivity contribution in [2.75, 3.05) is 0 Å². The topological polar surface area (TPSA) is 84.2 Å². The number of carboxylic acid groups (broad SMARTS) is 1. The summed E-state index contributed by atoms with van der Waals surface area (Å²) in [6.45, 7) is 0. The minimum atomic E-state index is -1.39. The molecule has 0 saturated carbocycles. The minimum absolute atomic E-state index is 0.0833. The number of aromatic nitrogens is 2. The summed E-state index contributed by atoms with van der Waals surface area (Å²) in [6.07, 6.45) is 1.41. The Hall–Kier alpha value is -2.41. The number of hydrogen-bond donors (Lipinski definition) is 2. The van der Waals surface area contributed by atoms with Gasteiger partial charge in [-0.3, -0.25) is 9.48 Å². The van der Waals surface area contributed by atoms with Crippen molar-refractivity contribution in [1.29, 1.82) is 0 Å². The van der Waals surface area contributed by atoms with Gasteiger partial charge in [0.05, 0.1) is 5.02 Å². The quantitative estimate of drug-likeness (QED) is 0.901.